The van der Waals surface area contributed by atoms with Gasteiger partial charge in [0, 0.05) is 21.5 Å². The Kier molecular flexibility index (Phi) is 5.43. The third-order valence-electron chi connectivity index (χ3n) is 3.69. The molecule has 0 fully saturated rings. The lowest BCUT2D eigenvalue weighted by Crippen LogP contribution is -2.26. The first-order valence-corrected chi connectivity index (χ1v) is 9.35. The number of aromatic nitrogens is 1. The van der Waals surface area contributed by atoms with E-state index in [0.29, 0.717) is 12.1 Å². The summed E-state index contributed by atoms with van der Waals surface area (Å²) in [7, 11) is 0. The van der Waals surface area contributed by atoms with Crippen LogP contribution in [0.2, 0.25) is 0 Å². The van der Waals surface area contributed by atoms with Crippen LogP contribution in [0.5, 0.6) is 0 Å². The number of carbonyl (C=O) groups is 1. The highest BCUT2D eigenvalue weighted by atomic mass is 79.9. The van der Waals surface area contributed by atoms with E-state index in [-0.39, 0.29) is 5.91 Å². The number of hydrogen-bond acceptors (Lipinski definition) is 3. The molecule has 2 aromatic heterocycles. The molecular formula is C19H17BrN2OS. The molecule has 122 valence electrons. The predicted molar refractivity (Wildman–Crippen MR) is 102 cm³/mol. The highest BCUT2D eigenvalue weighted by Crippen LogP contribution is 2.22. The number of aryl methyl sites for hydroxylation is 1. The average molecular weight is 401 g/mol. The zero-order valence-electron chi connectivity index (χ0n) is 13.3. The second kappa shape index (κ2) is 7.73. The Morgan fingerprint density at radius 2 is 2.08 bits per heavy atom. The summed E-state index contributed by atoms with van der Waals surface area (Å²) in [6.45, 7) is 2.50. The maximum Gasteiger partial charge on any atom is 0.253 e. The van der Waals surface area contributed by atoms with Crippen molar-refractivity contribution < 1.29 is 4.79 Å². The summed E-state index contributed by atoms with van der Waals surface area (Å²) in [6, 6.07) is 15.8. The molecule has 3 nitrogen and oxygen atoms in total. The molecule has 0 saturated carbocycles. The molecule has 0 radical (unpaired) electrons. The van der Waals surface area contributed by atoms with Gasteiger partial charge in [0.05, 0.1) is 17.0 Å². The normalized spacial score (nSPS) is 10.6. The maximum atomic E-state index is 12.3. The molecule has 0 aliphatic rings. The molecule has 0 atom stereocenters. The van der Waals surface area contributed by atoms with Crippen LogP contribution < -0.4 is 5.32 Å². The SMILES string of the molecule is Cc1nc(-c2cccc(Br)c2)ccc1C(=O)NCCc1cccs1. The van der Waals surface area contributed by atoms with Gasteiger partial charge in [-0.15, -0.1) is 11.3 Å². The Balaban J connectivity index is 1.69. The minimum absolute atomic E-state index is 0.0719. The molecule has 0 bridgehead atoms. The summed E-state index contributed by atoms with van der Waals surface area (Å²) in [6.07, 6.45) is 0.853. The maximum absolute atomic E-state index is 12.3. The van der Waals surface area contributed by atoms with E-state index in [9.17, 15) is 4.79 Å². The Labute approximate surface area is 153 Å². The quantitative estimate of drug-likeness (QED) is 0.664. The summed E-state index contributed by atoms with van der Waals surface area (Å²) in [5.74, 6) is -0.0719. The zero-order valence-corrected chi connectivity index (χ0v) is 15.7. The second-order valence-corrected chi connectivity index (χ2v) is 7.37. The molecule has 3 rings (SSSR count). The van der Waals surface area contributed by atoms with E-state index >= 15 is 0 Å². The first kappa shape index (κ1) is 16.9. The van der Waals surface area contributed by atoms with Crippen LogP contribution in [-0.2, 0) is 6.42 Å². The van der Waals surface area contributed by atoms with Crippen LogP contribution in [0.3, 0.4) is 0 Å². The van der Waals surface area contributed by atoms with E-state index in [1.165, 1.54) is 4.88 Å². The van der Waals surface area contributed by atoms with Gasteiger partial charge in [-0.3, -0.25) is 9.78 Å². The van der Waals surface area contributed by atoms with Gasteiger partial charge in [0.15, 0.2) is 0 Å². The minimum Gasteiger partial charge on any atom is -0.352 e. The van der Waals surface area contributed by atoms with Gasteiger partial charge in [0.2, 0.25) is 0 Å². The Morgan fingerprint density at radius 1 is 1.21 bits per heavy atom. The lowest BCUT2D eigenvalue weighted by atomic mass is 10.1. The van der Waals surface area contributed by atoms with E-state index in [1.807, 2.05) is 54.8 Å². The van der Waals surface area contributed by atoms with E-state index in [1.54, 1.807) is 11.3 Å². The fourth-order valence-corrected chi connectivity index (χ4v) is 3.57. The van der Waals surface area contributed by atoms with Crippen molar-refractivity contribution in [3.8, 4) is 11.3 Å². The first-order chi connectivity index (χ1) is 11.6. The molecule has 3 aromatic rings. The lowest BCUT2D eigenvalue weighted by molar-refractivity contribution is 0.0953. The van der Waals surface area contributed by atoms with Gasteiger partial charge in [-0.1, -0.05) is 34.1 Å². The van der Waals surface area contributed by atoms with Gasteiger partial charge in [-0.25, -0.2) is 0 Å². The van der Waals surface area contributed by atoms with Crippen molar-refractivity contribution in [3.63, 3.8) is 0 Å². The van der Waals surface area contributed by atoms with E-state index in [2.05, 4.69) is 32.3 Å². The third kappa shape index (κ3) is 4.10. The van der Waals surface area contributed by atoms with Crippen molar-refractivity contribution in [1.29, 1.82) is 0 Å². The summed E-state index contributed by atoms with van der Waals surface area (Å²) in [5, 5.41) is 5.01. The van der Waals surface area contributed by atoms with Crippen LogP contribution in [0, 0.1) is 6.92 Å². The van der Waals surface area contributed by atoms with E-state index in [4.69, 9.17) is 0 Å². The molecular weight excluding hydrogens is 384 g/mol. The van der Waals surface area contributed by atoms with Crippen LogP contribution in [0.25, 0.3) is 11.3 Å². The standard InChI is InChI=1S/C19H17BrN2OS/c1-13-17(19(23)21-10-9-16-6-3-11-24-16)7-8-18(22-13)14-4-2-5-15(20)12-14/h2-8,11-12H,9-10H2,1H3,(H,21,23). The number of thiophene rings is 1. The zero-order chi connectivity index (χ0) is 16.9. The van der Waals surface area contributed by atoms with Crippen LogP contribution in [0.1, 0.15) is 20.9 Å². The van der Waals surface area contributed by atoms with Gasteiger partial charge in [0.25, 0.3) is 5.91 Å². The number of pyridine rings is 1. The van der Waals surface area contributed by atoms with Crippen LogP contribution in [0.4, 0.5) is 0 Å². The van der Waals surface area contributed by atoms with Crippen molar-refractivity contribution in [3.05, 3.63) is 74.5 Å². The Morgan fingerprint density at radius 3 is 2.79 bits per heavy atom. The molecule has 0 spiro atoms. The predicted octanol–water partition coefficient (Wildman–Crippen LogP) is 4.85. The van der Waals surface area contributed by atoms with Gasteiger partial charge < -0.3 is 5.32 Å². The van der Waals surface area contributed by atoms with Crippen LogP contribution in [0.15, 0.2) is 58.4 Å². The van der Waals surface area contributed by atoms with Crippen LogP contribution >= 0.6 is 27.3 Å². The number of amides is 1. The van der Waals surface area contributed by atoms with Crippen molar-refractivity contribution >= 4 is 33.2 Å². The van der Waals surface area contributed by atoms with Crippen molar-refractivity contribution in [2.45, 2.75) is 13.3 Å². The molecule has 0 aliphatic carbocycles. The minimum atomic E-state index is -0.0719. The number of hydrogen-bond donors (Lipinski definition) is 1. The number of halogens is 1. The summed E-state index contributed by atoms with van der Waals surface area (Å²) >= 11 is 5.18. The van der Waals surface area contributed by atoms with Crippen molar-refractivity contribution in [2.24, 2.45) is 0 Å². The molecule has 0 saturated heterocycles. The average Bonchev–Trinajstić information content (AvgIpc) is 3.08. The molecule has 1 N–H and O–H groups in total. The molecule has 1 amide bonds. The number of nitrogens with one attached hydrogen (secondary N) is 1. The van der Waals surface area contributed by atoms with Crippen molar-refractivity contribution in [1.82, 2.24) is 10.3 Å². The number of benzene rings is 1. The van der Waals surface area contributed by atoms with Gasteiger partial charge >= 0.3 is 0 Å². The number of nitrogens with zero attached hydrogens (tertiary/aromatic N) is 1. The Hall–Kier alpha value is -1.98. The van der Waals surface area contributed by atoms with E-state index < -0.39 is 0 Å². The van der Waals surface area contributed by atoms with Crippen LogP contribution in [-0.4, -0.2) is 17.4 Å². The number of rotatable bonds is 5. The molecule has 5 heteroatoms. The van der Waals surface area contributed by atoms with E-state index in [0.717, 1.165) is 27.8 Å². The summed E-state index contributed by atoms with van der Waals surface area (Å²) in [4.78, 5) is 18.2. The highest BCUT2D eigenvalue weighted by molar-refractivity contribution is 9.10. The molecule has 24 heavy (non-hydrogen) atoms. The molecule has 0 aliphatic heterocycles. The highest BCUT2D eigenvalue weighted by Gasteiger charge is 2.11. The van der Waals surface area contributed by atoms with Gasteiger partial charge in [-0.05, 0) is 49.1 Å². The third-order valence-corrected chi connectivity index (χ3v) is 5.12. The largest absolute Gasteiger partial charge is 0.352 e. The first-order valence-electron chi connectivity index (χ1n) is 7.67. The molecule has 2 heterocycles. The monoisotopic (exact) mass is 400 g/mol. The molecule has 0 unspecified atom stereocenters. The topological polar surface area (TPSA) is 42.0 Å². The second-order valence-electron chi connectivity index (χ2n) is 5.43. The van der Waals surface area contributed by atoms with Gasteiger partial charge in [0.1, 0.15) is 0 Å². The fraction of sp³-hybridized carbons (Fsp3) is 0.158. The molecule has 1 aromatic carbocycles. The summed E-state index contributed by atoms with van der Waals surface area (Å²) < 4.78 is 1.01. The van der Waals surface area contributed by atoms with Gasteiger partial charge in [-0.2, -0.15) is 0 Å². The smallest absolute Gasteiger partial charge is 0.253 e. The lowest BCUT2D eigenvalue weighted by Gasteiger charge is -2.09. The Bertz CT molecular complexity index is 846. The van der Waals surface area contributed by atoms with Crippen molar-refractivity contribution in [2.75, 3.05) is 6.54 Å². The number of carbonyl (C=O) groups excluding carboxylic acids is 1. The fourth-order valence-electron chi connectivity index (χ4n) is 2.46. The summed E-state index contributed by atoms with van der Waals surface area (Å²) in [5.41, 5.74) is 3.25.